The molecule has 0 bridgehead atoms. The van der Waals surface area contributed by atoms with E-state index in [0.717, 1.165) is 0 Å². The van der Waals surface area contributed by atoms with Gasteiger partial charge in [-0.1, -0.05) is 17.7 Å². The lowest BCUT2D eigenvalue weighted by Crippen LogP contribution is -1.73. The van der Waals surface area contributed by atoms with Crippen LogP contribution < -0.4 is 0 Å². The molecule has 0 aromatic heterocycles. The van der Waals surface area contributed by atoms with Gasteiger partial charge >= 0.3 is 5.69 Å². The molecule has 0 saturated heterocycles. The second-order valence-corrected chi connectivity index (χ2v) is 2.08. The molecule has 1 aromatic rings. The highest BCUT2D eigenvalue weighted by atomic mass is 35.5. The summed E-state index contributed by atoms with van der Waals surface area (Å²) < 4.78 is 12.6. The molecule has 11 heavy (non-hydrogen) atoms. The topological polar surface area (TPSA) is 28.1 Å². The number of rotatable bonds is 0. The average Bonchev–Trinajstić information content (AvgIpc) is 1.95. The lowest BCUT2D eigenvalue weighted by Gasteiger charge is -1.84. The van der Waals surface area contributed by atoms with Gasteiger partial charge in [0.1, 0.15) is 0 Å². The van der Waals surface area contributed by atoms with E-state index in [4.69, 9.17) is 17.0 Å². The minimum Gasteiger partial charge on any atom is -0.196 e. The normalized spacial score (nSPS) is 8.09. The molecule has 0 heterocycles. The Labute approximate surface area is 74.0 Å². The molecule has 0 aliphatic heterocycles. The van der Waals surface area contributed by atoms with E-state index < -0.39 is 5.82 Å². The third-order valence-electron chi connectivity index (χ3n) is 1.04. The van der Waals surface area contributed by atoms with Crippen molar-refractivity contribution in [2.45, 2.75) is 0 Å². The van der Waals surface area contributed by atoms with Gasteiger partial charge < -0.3 is 0 Å². The Hall–Kier alpha value is -0.850. The van der Waals surface area contributed by atoms with Gasteiger partial charge in [-0.15, -0.1) is 12.4 Å². The smallest absolute Gasteiger partial charge is 0.196 e. The zero-order chi connectivity index (χ0) is 7.56. The van der Waals surface area contributed by atoms with Crippen LogP contribution in [0.4, 0.5) is 10.1 Å². The van der Waals surface area contributed by atoms with Crippen LogP contribution in [0.25, 0.3) is 4.98 Å². The summed E-state index contributed by atoms with van der Waals surface area (Å²) in [6.45, 7) is 0. The van der Waals surface area contributed by atoms with Crippen LogP contribution in [0.5, 0.6) is 0 Å². The van der Waals surface area contributed by atoms with Gasteiger partial charge in [0.05, 0.1) is 5.02 Å². The Kier molecular flexibility index (Phi) is 3.80. The van der Waals surface area contributed by atoms with Gasteiger partial charge in [0.2, 0.25) is 11.2 Å². The lowest BCUT2D eigenvalue weighted by molar-refractivity contribution is 0.633. The first-order valence-electron chi connectivity index (χ1n) is 2.55. The minimum absolute atomic E-state index is 0. The van der Waals surface area contributed by atoms with Gasteiger partial charge in [-0.3, -0.25) is 0 Å². The molecular weight excluding hydrogens is 190 g/mol. The van der Waals surface area contributed by atoms with E-state index in [-0.39, 0.29) is 23.1 Å². The molecule has 0 amide bonds. The summed E-state index contributed by atoms with van der Waals surface area (Å²) in [4.78, 5) is 2.67. The Morgan fingerprint density at radius 1 is 1.45 bits per heavy atom. The van der Waals surface area contributed by atoms with E-state index in [1.165, 1.54) is 18.2 Å². The quantitative estimate of drug-likeness (QED) is 0.581. The van der Waals surface area contributed by atoms with Crippen molar-refractivity contribution in [1.82, 2.24) is 0 Å². The molecule has 0 N–H and O–H groups in total. The molecule has 58 valence electrons. The van der Waals surface area contributed by atoms with Crippen molar-refractivity contribution in [2.24, 2.45) is 0 Å². The second kappa shape index (κ2) is 4.12. The van der Waals surface area contributed by atoms with E-state index in [1.807, 2.05) is 0 Å². The predicted octanol–water partition coefficient (Wildman–Crippen LogP) is 3.39. The molecule has 0 radical (unpaired) electrons. The van der Waals surface area contributed by atoms with Gasteiger partial charge in [0.15, 0.2) is 4.98 Å². The van der Waals surface area contributed by atoms with Crippen molar-refractivity contribution in [2.75, 3.05) is 0 Å². The highest BCUT2D eigenvalue weighted by molar-refractivity contribution is 6.31. The zero-order valence-electron chi connectivity index (χ0n) is 5.29. The fourth-order valence-electron chi connectivity index (χ4n) is 0.570. The van der Waals surface area contributed by atoms with Gasteiger partial charge in [-0.05, 0) is 6.07 Å². The first kappa shape index (κ1) is 10.2. The van der Waals surface area contributed by atoms with E-state index in [9.17, 15) is 4.39 Å². The molecular formula is C6H4Cl2FN2+. The first-order valence-corrected chi connectivity index (χ1v) is 2.92. The average molecular weight is 194 g/mol. The number of nitrogens with zero attached hydrogens (tertiary/aromatic N) is 2. The summed E-state index contributed by atoms with van der Waals surface area (Å²) in [6, 6.07) is 4.20. The highest BCUT2D eigenvalue weighted by Crippen LogP contribution is 2.23. The third-order valence-corrected chi connectivity index (χ3v) is 1.33. The largest absolute Gasteiger partial charge is 0.421 e. The maximum absolute atomic E-state index is 12.6. The predicted molar refractivity (Wildman–Crippen MR) is 43.4 cm³/mol. The first-order chi connectivity index (χ1) is 4.75. The fourth-order valence-corrected chi connectivity index (χ4v) is 0.739. The summed E-state index contributed by atoms with van der Waals surface area (Å²) in [5.74, 6) is -0.702. The Morgan fingerprint density at radius 2 is 2.09 bits per heavy atom. The standard InChI is InChI=1S/C6H3ClFN2.ClH/c7-4-2-1-3-5(10-9)6(4)8;/h1-3H;1H/q+1;. The van der Waals surface area contributed by atoms with Crippen molar-refractivity contribution in [1.29, 1.82) is 5.39 Å². The third kappa shape index (κ3) is 2.04. The van der Waals surface area contributed by atoms with Crippen LogP contribution in [0.2, 0.25) is 5.02 Å². The van der Waals surface area contributed by atoms with Gasteiger partial charge in [0.25, 0.3) is 0 Å². The van der Waals surface area contributed by atoms with Crippen molar-refractivity contribution in [3.8, 4) is 0 Å². The Morgan fingerprint density at radius 3 is 2.55 bits per heavy atom. The Bertz CT molecular complexity index is 295. The minimum atomic E-state index is -0.702. The van der Waals surface area contributed by atoms with Gasteiger partial charge in [-0.25, -0.2) is 0 Å². The molecule has 0 aliphatic rings. The summed E-state index contributed by atoms with van der Waals surface area (Å²) in [5.41, 5.74) is -0.146. The van der Waals surface area contributed by atoms with E-state index >= 15 is 0 Å². The lowest BCUT2D eigenvalue weighted by atomic mass is 10.3. The van der Waals surface area contributed by atoms with E-state index in [2.05, 4.69) is 4.98 Å². The van der Waals surface area contributed by atoms with Crippen LogP contribution >= 0.6 is 24.0 Å². The highest BCUT2D eigenvalue weighted by Gasteiger charge is 2.15. The number of hydrogen-bond acceptors (Lipinski definition) is 1. The van der Waals surface area contributed by atoms with Crippen molar-refractivity contribution in [3.05, 3.63) is 34.0 Å². The van der Waals surface area contributed by atoms with Crippen LogP contribution in [0.3, 0.4) is 0 Å². The van der Waals surface area contributed by atoms with Crippen molar-refractivity contribution >= 4 is 29.7 Å². The summed E-state index contributed by atoms with van der Waals surface area (Å²) in [6.07, 6.45) is 0. The molecule has 0 unspecified atom stereocenters. The number of hydrogen-bond donors (Lipinski definition) is 0. The van der Waals surface area contributed by atoms with Crippen molar-refractivity contribution in [3.63, 3.8) is 0 Å². The van der Waals surface area contributed by atoms with Crippen LogP contribution in [0.1, 0.15) is 0 Å². The molecule has 2 nitrogen and oxygen atoms in total. The molecule has 1 aromatic carbocycles. The summed E-state index contributed by atoms with van der Waals surface area (Å²) in [7, 11) is 0. The van der Waals surface area contributed by atoms with Crippen LogP contribution in [0, 0.1) is 11.2 Å². The molecule has 0 atom stereocenters. The SMILES string of the molecule is Cl.N#[N+]c1cccc(Cl)c1F. The van der Waals surface area contributed by atoms with Gasteiger partial charge in [-0.2, -0.15) is 4.39 Å². The zero-order valence-corrected chi connectivity index (χ0v) is 6.86. The summed E-state index contributed by atoms with van der Waals surface area (Å²) in [5, 5.41) is 8.12. The van der Waals surface area contributed by atoms with Gasteiger partial charge in [0, 0.05) is 6.07 Å². The second-order valence-electron chi connectivity index (χ2n) is 1.67. The maximum Gasteiger partial charge on any atom is 0.421 e. The molecule has 5 heteroatoms. The maximum atomic E-state index is 12.6. The number of benzene rings is 1. The van der Waals surface area contributed by atoms with Crippen LogP contribution in [0.15, 0.2) is 18.2 Å². The Balaban J connectivity index is 0.000001000. The molecule has 0 spiro atoms. The molecule has 1 rings (SSSR count). The molecule has 0 aliphatic carbocycles. The molecule has 0 fully saturated rings. The fraction of sp³-hybridized carbons (Fsp3) is 0. The van der Waals surface area contributed by atoms with E-state index in [1.54, 1.807) is 0 Å². The molecule has 0 saturated carbocycles. The van der Waals surface area contributed by atoms with Crippen LogP contribution in [-0.4, -0.2) is 0 Å². The number of halogens is 3. The van der Waals surface area contributed by atoms with Crippen molar-refractivity contribution < 1.29 is 4.39 Å². The van der Waals surface area contributed by atoms with Crippen LogP contribution in [-0.2, 0) is 0 Å². The van der Waals surface area contributed by atoms with E-state index in [0.29, 0.717) is 0 Å². The summed E-state index contributed by atoms with van der Waals surface area (Å²) >= 11 is 5.35. The monoisotopic (exact) mass is 193 g/mol. The number of diazo groups is 1.